The zero-order valence-electron chi connectivity index (χ0n) is 8.80. The molecule has 0 spiro atoms. The van der Waals surface area contributed by atoms with E-state index in [0.29, 0.717) is 12.2 Å². The Bertz CT molecular complexity index is 370. The second kappa shape index (κ2) is 4.72. The van der Waals surface area contributed by atoms with Crippen molar-refractivity contribution in [3.8, 4) is 0 Å². The maximum absolute atomic E-state index is 11.8. The Labute approximate surface area is 87.7 Å². The molecule has 0 radical (unpaired) electrons. The second-order valence-electron chi connectivity index (χ2n) is 3.43. The van der Waals surface area contributed by atoms with E-state index >= 15 is 0 Å². The topological polar surface area (TPSA) is 72.2 Å². The van der Waals surface area contributed by atoms with Gasteiger partial charge in [0.2, 0.25) is 0 Å². The third kappa shape index (κ3) is 2.65. The summed E-state index contributed by atoms with van der Waals surface area (Å²) in [7, 11) is 0. The highest BCUT2D eigenvalue weighted by Gasteiger charge is 2.20. The van der Waals surface area contributed by atoms with Crippen LogP contribution in [-0.4, -0.2) is 26.4 Å². The molecule has 1 aromatic heterocycles. The van der Waals surface area contributed by atoms with Crippen molar-refractivity contribution in [1.82, 2.24) is 9.55 Å². The monoisotopic (exact) mass is 210 g/mol. The molecule has 0 aliphatic rings. The minimum absolute atomic E-state index is 0.145. The molecule has 0 bridgehead atoms. The Morgan fingerprint density at radius 2 is 2.27 bits per heavy atom. The highest BCUT2D eigenvalue weighted by atomic mass is 16.4. The number of ketones is 1. The smallest absolute Gasteiger partial charge is 0.304 e. The molecule has 0 aliphatic carbocycles. The van der Waals surface area contributed by atoms with Gasteiger partial charge in [0.05, 0.1) is 18.9 Å². The fourth-order valence-corrected chi connectivity index (χ4v) is 1.39. The minimum Gasteiger partial charge on any atom is -0.481 e. The maximum Gasteiger partial charge on any atom is 0.304 e. The summed E-state index contributed by atoms with van der Waals surface area (Å²) < 4.78 is 1.71. The molecule has 0 amide bonds. The first-order valence-corrected chi connectivity index (χ1v) is 4.82. The molecule has 0 fully saturated rings. The van der Waals surface area contributed by atoms with E-state index in [0.717, 1.165) is 0 Å². The molecule has 1 N–H and O–H groups in total. The first-order chi connectivity index (χ1) is 7.06. The van der Waals surface area contributed by atoms with Gasteiger partial charge in [-0.3, -0.25) is 9.59 Å². The normalized spacial score (nSPS) is 12.4. The van der Waals surface area contributed by atoms with Crippen LogP contribution in [0.3, 0.4) is 0 Å². The van der Waals surface area contributed by atoms with Crippen LogP contribution in [0.1, 0.15) is 30.8 Å². The van der Waals surface area contributed by atoms with Gasteiger partial charge in [-0.05, 0) is 6.92 Å². The zero-order chi connectivity index (χ0) is 11.4. The summed E-state index contributed by atoms with van der Waals surface area (Å²) in [5.41, 5.74) is 0.478. The number of aromatic nitrogens is 2. The Morgan fingerprint density at radius 1 is 1.60 bits per heavy atom. The summed E-state index contributed by atoms with van der Waals surface area (Å²) in [6, 6.07) is 0. The molecule has 1 unspecified atom stereocenters. The summed E-state index contributed by atoms with van der Waals surface area (Å²) in [5.74, 6) is -1.64. The van der Waals surface area contributed by atoms with Crippen LogP contribution in [-0.2, 0) is 11.3 Å². The summed E-state index contributed by atoms with van der Waals surface area (Å²) >= 11 is 0. The molecule has 5 nitrogen and oxygen atoms in total. The van der Waals surface area contributed by atoms with Gasteiger partial charge in [-0.1, -0.05) is 6.92 Å². The number of nitrogens with zero attached hydrogens (tertiary/aromatic N) is 2. The first-order valence-electron chi connectivity index (χ1n) is 4.82. The predicted molar refractivity (Wildman–Crippen MR) is 53.6 cm³/mol. The molecule has 15 heavy (non-hydrogen) atoms. The third-order valence-electron chi connectivity index (χ3n) is 2.23. The van der Waals surface area contributed by atoms with E-state index in [1.807, 2.05) is 6.92 Å². The van der Waals surface area contributed by atoms with Gasteiger partial charge in [0.1, 0.15) is 5.69 Å². The summed E-state index contributed by atoms with van der Waals surface area (Å²) in [5, 5.41) is 8.58. The number of carboxylic acid groups (broad SMARTS) is 1. The van der Waals surface area contributed by atoms with E-state index < -0.39 is 11.9 Å². The van der Waals surface area contributed by atoms with Crippen molar-refractivity contribution in [2.75, 3.05) is 0 Å². The lowest BCUT2D eigenvalue weighted by Gasteiger charge is -2.08. The average Bonchev–Trinajstić information content (AvgIpc) is 2.62. The van der Waals surface area contributed by atoms with Crippen LogP contribution in [0.15, 0.2) is 12.5 Å². The number of carbonyl (C=O) groups is 2. The lowest BCUT2D eigenvalue weighted by atomic mass is 10.0. The van der Waals surface area contributed by atoms with Gasteiger partial charge < -0.3 is 9.67 Å². The number of carboxylic acids is 1. The van der Waals surface area contributed by atoms with Crippen molar-refractivity contribution in [2.24, 2.45) is 5.92 Å². The number of imidazole rings is 1. The molecular weight excluding hydrogens is 196 g/mol. The Kier molecular flexibility index (Phi) is 3.60. The molecule has 0 aromatic carbocycles. The van der Waals surface area contributed by atoms with Crippen molar-refractivity contribution in [3.05, 3.63) is 18.2 Å². The Balaban J connectivity index is 2.80. The first kappa shape index (κ1) is 11.4. The van der Waals surface area contributed by atoms with E-state index in [4.69, 9.17) is 5.11 Å². The SMILES string of the molecule is CCn1cncc1C(=O)C(C)CC(=O)O. The number of hydrogen-bond donors (Lipinski definition) is 1. The van der Waals surface area contributed by atoms with Crippen molar-refractivity contribution in [2.45, 2.75) is 26.8 Å². The summed E-state index contributed by atoms with van der Waals surface area (Å²) in [4.78, 5) is 26.1. The third-order valence-corrected chi connectivity index (χ3v) is 2.23. The molecule has 0 saturated heterocycles. The van der Waals surface area contributed by atoms with Crippen LogP contribution in [0.2, 0.25) is 0 Å². The van der Waals surface area contributed by atoms with Crippen LogP contribution < -0.4 is 0 Å². The fourth-order valence-electron chi connectivity index (χ4n) is 1.39. The number of aryl methyl sites for hydroxylation is 1. The fraction of sp³-hybridized carbons (Fsp3) is 0.500. The van der Waals surface area contributed by atoms with Gasteiger partial charge in [-0.25, -0.2) is 4.98 Å². The van der Waals surface area contributed by atoms with E-state index in [2.05, 4.69) is 4.98 Å². The lowest BCUT2D eigenvalue weighted by Crippen LogP contribution is -2.18. The molecule has 5 heteroatoms. The molecular formula is C10H14N2O3. The van der Waals surface area contributed by atoms with Gasteiger partial charge in [-0.2, -0.15) is 0 Å². The van der Waals surface area contributed by atoms with Gasteiger partial charge >= 0.3 is 5.97 Å². The molecule has 82 valence electrons. The number of Topliss-reactive ketones (excluding diaryl/α,β-unsaturated/α-hetero) is 1. The molecule has 1 aromatic rings. The van der Waals surface area contributed by atoms with Crippen LogP contribution in [0.4, 0.5) is 0 Å². The van der Waals surface area contributed by atoms with Gasteiger partial charge in [0, 0.05) is 12.5 Å². The molecule has 0 saturated carbocycles. The van der Waals surface area contributed by atoms with Gasteiger partial charge in [0.25, 0.3) is 0 Å². The Morgan fingerprint density at radius 3 is 2.80 bits per heavy atom. The van der Waals surface area contributed by atoms with Crippen LogP contribution in [0, 0.1) is 5.92 Å². The zero-order valence-corrected chi connectivity index (χ0v) is 8.80. The molecule has 1 rings (SSSR count). The van der Waals surface area contributed by atoms with Crippen molar-refractivity contribution in [1.29, 1.82) is 0 Å². The van der Waals surface area contributed by atoms with E-state index in [1.165, 1.54) is 6.20 Å². The maximum atomic E-state index is 11.8. The average molecular weight is 210 g/mol. The predicted octanol–water partition coefficient (Wildman–Crippen LogP) is 1.20. The molecule has 1 heterocycles. The van der Waals surface area contributed by atoms with Gasteiger partial charge in [-0.15, -0.1) is 0 Å². The van der Waals surface area contributed by atoms with Crippen LogP contribution >= 0.6 is 0 Å². The van der Waals surface area contributed by atoms with E-state index in [1.54, 1.807) is 17.8 Å². The van der Waals surface area contributed by atoms with Crippen LogP contribution in [0.25, 0.3) is 0 Å². The van der Waals surface area contributed by atoms with Crippen LogP contribution in [0.5, 0.6) is 0 Å². The Hall–Kier alpha value is -1.65. The van der Waals surface area contributed by atoms with Crippen molar-refractivity contribution >= 4 is 11.8 Å². The van der Waals surface area contributed by atoms with Crippen molar-refractivity contribution < 1.29 is 14.7 Å². The quantitative estimate of drug-likeness (QED) is 0.741. The largest absolute Gasteiger partial charge is 0.481 e. The van der Waals surface area contributed by atoms with E-state index in [9.17, 15) is 9.59 Å². The second-order valence-corrected chi connectivity index (χ2v) is 3.43. The van der Waals surface area contributed by atoms with E-state index in [-0.39, 0.29) is 12.2 Å². The summed E-state index contributed by atoms with van der Waals surface area (Å²) in [6.45, 7) is 4.17. The molecule has 0 aliphatic heterocycles. The number of hydrogen-bond acceptors (Lipinski definition) is 3. The number of carbonyl (C=O) groups excluding carboxylic acids is 1. The van der Waals surface area contributed by atoms with Crippen molar-refractivity contribution in [3.63, 3.8) is 0 Å². The highest BCUT2D eigenvalue weighted by molar-refractivity contribution is 5.97. The molecule has 1 atom stereocenters. The number of rotatable bonds is 5. The van der Waals surface area contributed by atoms with Gasteiger partial charge in [0.15, 0.2) is 5.78 Å². The summed E-state index contributed by atoms with van der Waals surface area (Å²) in [6.07, 6.45) is 2.90. The lowest BCUT2D eigenvalue weighted by molar-refractivity contribution is -0.137. The minimum atomic E-state index is -0.960. The number of aliphatic carboxylic acids is 1. The highest BCUT2D eigenvalue weighted by Crippen LogP contribution is 2.11. The standard InChI is InChI=1S/C10H14N2O3/c1-3-12-6-11-5-8(12)10(15)7(2)4-9(13)14/h5-7H,3-4H2,1-2H3,(H,13,14).